The quantitative estimate of drug-likeness (QED) is 0.0121. The number of aromatic nitrogens is 8. The summed E-state index contributed by atoms with van der Waals surface area (Å²) in [5, 5.41) is 67.4. The molecule has 29 nitrogen and oxygen atoms in total. The summed E-state index contributed by atoms with van der Waals surface area (Å²) < 4.78 is 60.0. The Morgan fingerprint density at radius 2 is 0.973 bits per heavy atom. The molecule has 148 heavy (non-hydrogen) atoms. The van der Waals surface area contributed by atoms with Gasteiger partial charge in [-0.15, -0.1) is 0 Å². The van der Waals surface area contributed by atoms with Crippen LogP contribution in [0.5, 0.6) is 0 Å². The van der Waals surface area contributed by atoms with Crippen molar-refractivity contribution in [2.24, 2.45) is 0 Å². The molecule has 787 valence electrons. The number of aromatic amines is 1. The molecule has 0 saturated carbocycles. The first-order valence-electron chi connectivity index (χ1n) is 43.5. The van der Waals surface area contributed by atoms with E-state index in [0.717, 1.165) is 56.2 Å². The molecule has 13 rings (SSSR count). The number of carbonyl (C=O) groups is 3. The molecule has 5 heterocycles. The van der Waals surface area contributed by atoms with Crippen LogP contribution in [0.25, 0.3) is 59.6 Å². The monoisotopic (exact) mass is 3260 g/mol. The van der Waals surface area contributed by atoms with Crippen molar-refractivity contribution in [1.29, 1.82) is 26.3 Å². The molecular weight excluding hydrogens is 3140 g/mol. The van der Waals surface area contributed by atoms with Gasteiger partial charge in [-0.3, -0.25) is 14.6 Å². The third kappa shape index (κ3) is 62.5. The zero-order valence-corrected chi connectivity index (χ0v) is 111. The number of Topliss-reactive ketones (excluding diaryl/α,β-unsaturated/α-hetero) is 1. The minimum absolute atomic E-state index is 0.0224. The normalized spacial score (nSPS) is 9.62. The number of ketones is 1. The van der Waals surface area contributed by atoms with Gasteiger partial charge in [0.15, 0.2) is 22.7 Å². The number of esters is 1. The number of hydrogen-bond acceptors (Lipinski definition) is 21. The summed E-state index contributed by atoms with van der Waals surface area (Å²) in [6.45, 7) is 58.9. The zero-order chi connectivity index (χ0) is 114. The summed E-state index contributed by atoms with van der Waals surface area (Å²) in [4.78, 5) is 54.3. The number of carbonyl (C=O) groups excluding carboxylic acids is 2. The number of nitrogen functional groups attached to an aromatic ring is 2. The van der Waals surface area contributed by atoms with Crippen molar-refractivity contribution in [3.05, 3.63) is 347 Å². The first kappa shape index (κ1) is 147. The maximum absolute atomic E-state index is 13.0. The van der Waals surface area contributed by atoms with Crippen LogP contribution in [0.15, 0.2) is 259 Å². The van der Waals surface area contributed by atoms with Crippen LogP contribution in [-0.4, -0.2) is 124 Å². The number of anilines is 3. The van der Waals surface area contributed by atoms with Crippen LogP contribution >= 0.6 is 216 Å². The van der Waals surface area contributed by atoms with Crippen molar-refractivity contribution < 1.29 is 55.4 Å². The number of alkyl halides is 3. The van der Waals surface area contributed by atoms with E-state index >= 15 is 0 Å². The molecule has 0 aliphatic carbocycles. The third-order valence-electron chi connectivity index (χ3n) is 17.0. The van der Waals surface area contributed by atoms with Crippen LogP contribution < -0.4 is 16.2 Å². The number of halogens is 11. The second-order valence-electron chi connectivity index (χ2n) is 30.1. The molecule has 7 N–H and O–H groups in total. The Hall–Kier alpha value is -7.66. The number of benzene rings is 8. The molecule has 5 aromatic heterocycles. The van der Waals surface area contributed by atoms with Crippen molar-refractivity contribution in [1.82, 2.24) is 44.3 Å². The molecule has 0 radical (unpaired) electrons. The summed E-state index contributed by atoms with van der Waals surface area (Å²) in [6, 6.07) is 72.5. The first-order valence-corrected chi connectivity index (χ1v) is 81.1. The molecule has 0 amide bonds. The molecule has 0 bridgehead atoms. The Labute approximate surface area is 1010 Å². The Morgan fingerprint density at radius 1 is 0.601 bits per heavy atom. The molecule has 0 spiro atoms. The minimum atomic E-state index is -3.81. The average Bonchev–Trinajstić information content (AvgIpc) is 1.61. The van der Waals surface area contributed by atoms with Crippen molar-refractivity contribution in [3.63, 3.8) is 0 Å². The fourth-order valence-corrected chi connectivity index (χ4v) is 12.2. The van der Waals surface area contributed by atoms with Gasteiger partial charge < -0.3 is 44.9 Å². The van der Waals surface area contributed by atoms with Crippen molar-refractivity contribution in [2.45, 2.75) is 141 Å². The number of carboxylic acids is 1. The molecule has 0 aliphatic heterocycles. The van der Waals surface area contributed by atoms with Crippen LogP contribution in [0, 0.1) is 90.2 Å². The average molecular weight is 3260 g/mol. The molecule has 0 saturated heterocycles. The number of nitrogens with zero attached hydrogens (tertiary/aromatic N) is 16. The molecule has 13 aromatic rings. The number of nitrogens with two attached hydrogens (primary N) is 2. The topological polar surface area (TPSA) is 437 Å². The summed E-state index contributed by atoms with van der Waals surface area (Å²) in [6.07, 6.45) is 9.02. The number of methoxy groups -OCH3 is 1. The SMILES string of the molecule is CC(C)(C)c1ccc(S(=O)(=O)Cl)cc1.CC(C)(C)c1ccc(S(=O)(=O)Nc2ccnc3cc(-c4cccc(C#N)c4)nn23)cc1.CC(C)I.CCC.CCCI.CCN(/C=C/C#N)CC.CI.II.N#Cc1cccc(-c2cc(N)n[nH]2)c1.N#Cc1cccc(-c2cc3nccc(N)n3n2)c1.[C-]#[N+]CC(=O)c1cccc(C#N)c1.[C-]#[N+]c1cccc(C(=O)O)c1.[C-]#[N+]c1cccc(C(=O)OC)c1.[CH2-]C.[CH2-]C.[I][V]([I])[I].[I][V][I]. The zero-order valence-electron chi connectivity index (χ0n) is 84.3. The van der Waals surface area contributed by atoms with Crippen LogP contribution in [-0.2, 0) is 49.0 Å². The van der Waals surface area contributed by atoms with Gasteiger partial charge in [-0.05, 0) is 149 Å². The molecule has 8 aromatic carbocycles. The Balaban J connectivity index is -0.000000793. The van der Waals surface area contributed by atoms with Gasteiger partial charge in [0.05, 0.1) is 99.7 Å². The van der Waals surface area contributed by atoms with E-state index in [2.05, 4.69) is 386 Å². The van der Waals surface area contributed by atoms with Gasteiger partial charge in [0.1, 0.15) is 17.5 Å². The number of ether oxygens (including phenoxy) is 1. The van der Waals surface area contributed by atoms with E-state index in [1.54, 1.807) is 170 Å². The Morgan fingerprint density at radius 3 is 1.34 bits per heavy atom. The van der Waals surface area contributed by atoms with E-state index in [4.69, 9.17) is 73.3 Å². The molecule has 0 aliphatic rings. The van der Waals surface area contributed by atoms with E-state index in [-0.39, 0.29) is 49.3 Å². The number of allylic oxidation sites excluding steroid dienone is 1. The number of hydrogen-bond donors (Lipinski definition) is 5. The Bertz CT molecular complexity index is 6750. The molecule has 44 heteroatoms. The van der Waals surface area contributed by atoms with Gasteiger partial charge in [0.25, 0.3) is 25.6 Å². The van der Waals surface area contributed by atoms with Crippen molar-refractivity contribution >= 4 is 292 Å². The van der Waals surface area contributed by atoms with Crippen molar-refractivity contribution in [2.75, 3.05) is 52.3 Å². The number of rotatable bonds is 15. The molecular formula is C104H116ClI10N20O9S2V2-2. The first-order chi connectivity index (χ1) is 70.3. The number of nitrogens with one attached hydrogen (secondary N) is 2. The summed E-state index contributed by atoms with van der Waals surface area (Å²) in [5.74, 6) is -0.416. The third-order valence-corrected chi connectivity index (χ3v) is 20.8. The molecule has 0 fully saturated rings. The molecule has 0 unspecified atom stereocenters. The van der Waals surface area contributed by atoms with Crippen LogP contribution in [0.4, 0.5) is 28.8 Å². The van der Waals surface area contributed by atoms with Gasteiger partial charge in [0.2, 0.25) is 5.78 Å². The summed E-state index contributed by atoms with van der Waals surface area (Å²) in [7, 11) is -0.270. The number of carboxylic acid groups (broad SMARTS) is 1. The van der Waals surface area contributed by atoms with Crippen LogP contribution in [0.3, 0.4) is 0 Å². The van der Waals surface area contributed by atoms with E-state index < -0.39 is 31.0 Å². The fraction of sp³-hybridized carbons (Fsp3) is 0.250. The van der Waals surface area contributed by atoms with Gasteiger partial charge in [0, 0.05) is 141 Å². The van der Waals surface area contributed by atoms with Crippen LogP contribution in [0.1, 0.15) is 181 Å². The maximum atomic E-state index is 13.0. The second-order valence-corrected chi connectivity index (χ2v) is 85.0. The van der Waals surface area contributed by atoms with Crippen molar-refractivity contribution in [3.8, 4) is 64.1 Å². The number of H-pyrrole nitrogens is 1. The van der Waals surface area contributed by atoms with Gasteiger partial charge in [-0.2, -0.15) is 64.5 Å². The van der Waals surface area contributed by atoms with E-state index in [1.165, 1.54) is 77.6 Å². The number of fused-ring (bicyclic) bond motifs is 2. The van der Waals surface area contributed by atoms with Gasteiger partial charge in [-0.25, -0.2) is 52.7 Å². The summed E-state index contributed by atoms with van der Waals surface area (Å²) >= 11 is 23.2. The van der Waals surface area contributed by atoms with Gasteiger partial charge >= 0.3 is 126 Å². The fourth-order valence-electron chi connectivity index (χ4n) is 10.4. The number of nitriles is 5. The van der Waals surface area contributed by atoms with Crippen LogP contribution in [0.2, 0.25) is 0 Å². The van der Waals surface area contributed by atoms with E-state index in [1.807, 2.05) is 65.6 Å². The number of sulfonamides is 1. The Kier molecular flexibility index (Phi) is 84.9. The van der Waals surface area contributed by atoms with E-state index in [0.29, 0.717) is 82.8 Å². The number of aromatic carboxylic acids is 1. The summed E-state index contributed by atoms with van der Waals surface area (Å²) in [5.41, 5.74) is 23.2. The second kappa shape index (κ2) is 85.8. The molecule has 0 atom stereocenters. The predicted octanol–water partition coefficient (Wildman–Crippen LogP) is 31.6. The van der Waals surface area contributed by atoms with Gasteiger partial charge in [-0.1, -0.05) is 260 Å². The predicted molar refractivity (Wildman–Crippen MR) is 681 cm³/mol. The van der Waals surface area contributed by atoms with E-state index in [9.17, 15) is 31.2 Å². The standard InChI is InChI=1S/C23H21N5O2S.C13H9N5.C10H13ClO2S.C10H8N4.C10H6N2O.C9H7NO2.C8H5NO2.C7H12N2.2C3H7I.C3H8.2C2H5.CH3I.I2.5HI.2V/c1-23(2,3)18-7-9-19(10-8-18)31(29,30)27-21-11-12-25-22-14-20(26-28(21)22)17-6-4-5-16(13-17)15-24;14-8-9-2-1-3-10(6-9)11-7-13-16-5-4-12(15)18(13)17-11;1-10(2,3)8-4-6-9(7-5-8)14(11,12)13;11-6-7-2-1-3-8(4-7)9-5-10(12)14-13-9;1-12-7-10(13)9-4-2-3-8(5-9)6-11;1-10-8-5-3-4-7(6-8)9(11)12-2;1-9-7-4-2-3-6(5-7)8(10)11;1-3-9(4-2)7-5-6-8;1-3(2)4;1-2-3-4;1-3-2;4*1-2;;;;;;;/h4-14,27H,1-3H3;1-7H,15H2;4-7H,1-3H3;1-5H,(H3,12,13,14);2-5H,7H2;3-6H,2H3;2-5H,(H,10,11);5,7H,3-4H2,1-2H3;3H,1-2H3;2-3H2,1H3;3H2,1-2H3;2*1H2,2H3;1H3;;5*1H;;/q;;;;;;;;;;;2*-1;;;;;;;;+2;+3/p-5/b;;;;;;;7-5+;;;;;;;;;;;;;;.